The average Bonchev–Trinajstić information content (AvgIpc) is 3.25. The smallest absolute Gasteiger partial charge is 0.335 e. The summed E-state index contributed by atoms with van der Waals surface area (Å²) in [7, 11) is -3.86. The number of hydrogen-bond donors (Lipinski definition) is 2. The zero-order valence-electron chi connectivity index (χ0n) is 15.4. The predicted molar refractivity (Wildman–Crippen MR) is 115 cm³/mol. The highest BCUT2D eigenvalue weighted by molar-refractivity contribution is 7.92. The van der Waals surface area contributed by atoms with Crippen molar-refractivity contribution in [1.29, 1.82) is 0 Å². The summed E-state index contributed by atoms with van der Waals surface area (Å²) in [6.45, 7) is 0. The first kappa shape index (κ1) is 19.7. The monoisotopic (exact) mass is 437 g/mol. The fraction of sp³-hybridized carbons (Fsp3) is 0. The Balaban J connectivity index is 1.58. The molecule has 0 spiro atoms. The topological polar surface area (TPSA) is 109 Å². The molecule has 4 rings (SSSR count). The zero-order chi connectivity index (χ0) is 21.1. The number of carboxylic acid groups (broad SMARTS) is 1. The first-order valence-corrected chi connectivity index (χ1v) is 11.1. The van der Waals surface area contributed by atoms with E-state index in [-0.39, 0.29) is 10.5 Å². The number of pyridine rings is 1. The van der Waals surface area contributed by atoms with E-state index in [4.69, 9.17) is 5.11 Å². The maximum absolute atomic E-state index is 12.6. The summed E-state index contributed by atoms with van der Waals surface area (Å²) in [5.41, 5.74) is 2.87. The Morgan fingerprint density at radius 3 is 2.40 bits per heavy atom. The second-order valence-corrected chi connectivity index (χ2v) is 8.83. The van der Waals surface area contributed by atoms with Crippen molar-refractivity contribution in [2.24, 2.45) is 0 Å². The second-order valence-electron chi connectivity index (χ2n) is 6.29. The number of aromatic nitrogens is 2. The van der Waals surface area contributed by atoms with Crippen molar-refractivity contribution in [2.45, 2.75) is 4.90 Å². The number of anilines is 1. The Bertz CT molecular complexity index is 1300. The molecular formula is C21H15N3O4S2. The van der Waals surface area contributed by atoms with E-state index in [0.717, 1.165) is 21.8 Å². The van der Waals surface area contributed by atoms with E-state index in [1.165, 1.54) is 35.6 Å². The number of hydrogen-bond acceptors (Lipinski definition) is 6. The van der Waals surface area contributed by atoms with Crippen LogP contribution in [0.2, 0.25) is 0 Å². The summed E-state index contributed by atoms with van der Waals surface area (Å²) in [6.07, 6.45) is 3.41. The van der Waals surface area contributed by atoms with Gasteiger partial charge in [-0.25, -0.2) is 18.2 Å². The molecule has 0 unspecified atom stereocenters. The summed E-state index contributed by atoms with van der Waals surface area (Å²) >= 11 is 1.49. The molecule has 9 heteroatoms. The van der Waals surface area contributed by atoms with E-state index in [0.29, 0.717) is 5.69 Å². The van der Waals surface area contributed by atoms with Gasteiger partial charge in [-0.15, -0.1) is 11.3 Å². The summed E-state index contributed by atoms with van der Waals surface area (Å²) in [5.74, 6) is -1.12. The molecule has 0 atom stereocenters. The highest BCUT2D eigenvalue weighted by Crippen LogP contribution is 2.30. The first-order valence-electron chi connectivity index (χ1n) is 8.75. The lowest BCUT2D eigenvalue weighted by atomic mass is 10.1. The van der Waals surface area contributed by atoms with Gasteiger partial charge in [-0.3, -0.25) is 9.71 Å². The fourth-order valence-electron chi connectivity index (χ4n) is 2.77. The van der Waals surface area contributed by atoms with Crippen molar-refractivity contribution in [3.05, 3.63) is 84.0 Å². The van der Waals surface area contributed by atoms with Gasteiger partial charge in [-0.1, -0.05) is 12.1 Å². The van der Waals surface area contributed by atoms with Crippen LogP contribution in [0.25, 0.3) is 21.8 Å². The van der Waals surface area contributed by atoms with Crippen LogP contribution in [0.5, 0.6) is 0 Å². The third kappa shape index (κ3) is 4.22. The highest BCUT2D eigenvalue weighted by Gasteiger charge is 2.16. The summed E-state index contributed by atoms with van der Waals surface area (Å²) < 4.78 is 27.8. The Morgan fingerprint density at radius 1 is 0.967 bits per heavy atom. The van der Waals surface area contributed by atoms with Gasteiger partial charge in [0, 0.05) is 34.6 Å². The van der Waals surface area contributed by atoms with Crippen LogP contribution in [0.4, 0.5) is 5.69 Å². The Kier molecular flexibility index (Phi) is 5.30. The molecule has 0 aliphatic carbocycles. The third-order valence-electron chi connectivity index (χ3n) is 4.25. The van der Waals surface area contributed by atoms with E-state index < -0.39 is 16.0 Å². The molecule has 30 heavy (non-hydrogen) atoms. The molecule has 0 aliphatic rings. The lowest BCUT2D eigenvalue weighted by Crippen LogP contribution is -2.13. The maximum atomic E-state index is 12.6. The van der Waals surface area contributed by atoms with Crippen molar-refractivity contribution in [3.63, 3.8) is 0 Å². The lowest BCUT2D eigenvalue weighted by molar-refractivity contribution is 0.0696. The molecule has 2 N–H and O–H groups in total. The van der Waals surface area contributed by atoms with Crippen LogP contribution in [0.3, 0.4) is 0 Å². The molecule has 2 aromatic heterocycles. The van der Waals surface area contributed by atoms with Crippen LogP contribution >= 0.6 is 11.3 Å². The number of benzene rings is 2. The van der Waals surface area contributed by atoms with Crippen molar-refractivity contribution < 1.29 is 18.3 Å². The minimum absolute atomic E-state index is 0.0180. The highest BCUT2D eigenvalue weighted by atomic mass is 32.2. The van der Waals surface area contributed by atoms with Crippen molar-refractivity contribution in [1.82, 2.24) is 9.97 Å². The number of aromatic carboxylic acids is 1. The molecule has 0 radical (unpaired) electrons. The van der Waals surface area contributed by atoms with Gasteiger partial charge in [0.25, 0.3) is 10.0 Å². The van der Waals surface area contributed by atoms with E-state index in [1.807, 2.05) is 23.6 Å². The Labute approximate surface area is 176 Å². The molecule has 0 fully saturated rings. The van der Waals surface area contributed by atoms with Gasteiger partial charge in [0.1, 0.15) is 5.01 Å². The van der Waals surface area contributed by atoms with Gasteiger partial charge < -0.3 is 5.11 Å². The number of sulfonamides is 1. The van der Waals surface area contributed by atoms with Crippen LogP contribution in [0, 0.1) is 0 Å². The van der Waals surface area contributed by atoms with Gasteiger partial charge >= 0.3 is 5.97 Å². The summed E-state index contributed by atoms with van der Waals surface area (Å²) in [6, 6.07) is 15.7. The molecule has 0 saturated heterocycles. The molecule has 0 bridgehead atoms. The van der Waals surface area contributed by atoms with Gasteiger partial charge in [0.05, 0.1) is 16.2 Å². The molecule has 2 aromatic carbocycles. The van der Waals surface area contributed by atoms with Crippen molar-refractivity contribution >= 4 is 33.0 Å². The first-order chi connectivity index (χ1) is 14.4. The van der Waals surface area contributed by atoms with Crippen molar-refractivity contribution in [2.75, 3.05) is 4.72 Å². The zero-order valence-corrected chi connectivity index (χ0v) is 17.0. The molecule has 7 nitrogen and oxygen atoms in total. The van der Waals surface area contributed by atoms with Gasteiger partial charge in [-0.05, 0) is 48.5 Å². The molecular weight excluding hydrogens is 422 g/mol. The maximum Gasteiger partial charge on any atom is 0.335 e. The molecule has 0 amide bonds. The Morgan fingerprint density at radius 2 is 1.70 bits per heavy atom. The summed E-state index contributed by atoms with van der Waals surface area (Å²) in [5, 5.41) is 11.7. The van der Waals surface area contributed by atoms with E-state index in [2.05, 4.69) is 14.7 Å². The number of nitrogens with zero attached hydrogens (tertiary/aromatic N) is 2. The molecule has 4 aromatic rings. The van der Waals surface area contributed by atoms with Crippen LogP contribution in [-0.2, 0) is 10.0 Å². The third-order valence-corrected chi connectivity index (χ3v) is 6.54. The van der Waals surface area contributed by atoms with E-state index in [9.17, 15) is 13.2 Å². The fourth-order valence-corrected chi connectivity index (χ4v) is 4.65. The van der Waals surface area contributed by atoms with E-state index in [1.54, 1.807) is 30.6 Å². The average molecular weight is 438 g/mol. The largest absolute Gasteiger partial charge is 0.478 e. The van der Waals surface area contributed by atoms with Crippen LogP contribution < -0.4 is 4.72 Å². The predicted octanol–water partition coefficient (Wildman–Crippen LogP) is 4.37. The van der Waals surface area contributed by atoms with Crippen LogP contribution in [0.15, 0.2) is 83.3 Å². The minimum atomic E-state index is -3.86. The number of nitrogens with one attached hydrogen (secondary N) is 1. The molecule has 150 valence electrons. The molecule has 0 aliphatic heterocycles. The molecule has 2 heterocycles. The quantitative estimate of drug-likeness (QED) is 0.464. The lowest BCUT2D eigenvalue weighted by Gasteiger charge is -2.09. The molecule has 0 saturated carbocycles. The standard InChI is InChI=1S/C21H15N3O4S2/c25-21(26)15-4-6-18(7-5-15)30(27,28)24-17-3-1-2-16(12-17)19-13-29-20(23-19)14-8-10-22-11-9-14/h1-13,24H,(H,25,26). The second kappa shape index (κ2) is 8.05. The number of carbonyl (C=O) groups is 1. The number of thiazole rings is 1. The summed E-state index contributed by atoms with van der Waals surface area (Å²) in [4.78, 5) is 19.6. The number of carboxylic acids is 1. The minimum Gasteiger partial charge on any atom is -0.478 e. The van der Waals surface area contributed by atoms with Gasteiger partial charge in [0.15, 0.2) is 0 Å². The Hall–Kier alpha value is -3.56. The van der Waals surface area contributed by atoms with E-state index >= 15 is 0 Å². The van der Waals surface area contributed by atoms with Crippen molar-refractivity contribution in [3.8, 4) is 21.8 Å². The van der Waals surface area contributed by atoms with Gasteiger partial charge in [0.2, 0.25) is 0 Å². The normalized spacial score (nSPS) is 11.2. The van der Waals surface area contributed by atoms with Crippen LogP contribution in [-0.4, -0.2) is 29.5 Å². The van der Waals surface area contributed by atoms with Crippen LogP contribution in [0.1, 0.15) is 10.4 Å². The number of rotatable bonds is 6. The van der Waals surface area contributed by atoms with Gasteiger partial charge in [-0.2, -0.15) is 0 Å². The SMILES string of the molecule is O=C(O)c1ccc(S(=O)(=O)Nc2cccc(-c3csc(-c4ccncc4)n3)c2)cc1.